The summed E-state index contributed by atoms with van der Waals surface area (Å²) in [5.41, 5.74) is 0.291. The van der Waals surface area contributed by atoms with Crippen LogP contribution in [0.15, 0.2) is 85.1 Å². The van der Waals surface area contributed by atoms with Crippen LogP contribution in [0.2, 0.25) is 0 Å². The number of hydrogen-bond acceptors (Lipinski definition) is 3. The van der Waals surface area contributed by atoms with Crippen LogP contribution in [0.4, 0.5) is 24.5 Å². The highest BCUT2D eigenvalue weighted by molar-refractivity contribution is 6.07. The topological polar surface area (TPSA) is 76.0 Å². The lowest BCUT2D eigenvalue weighted by Crippen LogP contribution is -2.20. The third-order valence-electron chi connectivity index (χ3n) is 4.98. The minimum atomic E-state index is -4.82. The first-order valence-electron chi connectivity index (χ1n) is 10.2. The molecule has 0 saturated heterocycles. The van der Waals surface area contributed by atoms with Gasteiger partial charge in [-0.25, -0.2) is 4.68 Å². The molecule has 0 radical (unpaired) electrons. The number of nitrogens with one attached hydrogen (secondary N) is 2. The zero-order valence-electron chi connectivity index (χ0n) is 17.9. The van der Waals surface area contributed by atoms with Crippen LogP contribution < -0.4 is 10.6 Å². The summed E-state index contributed by atoms with van der Waals surface area (Å²) in [7, 11) is 0. The normalized spacial score (nSPS) is 11.2. The van der Waals surface area contributed by atoms with Crippen LogP contribution in [0.25, 0.3) is 5.69 Å². The van der Waals surface area contributed by atoms with Crippen molar-refractivity contribution in [2.75, 3.05) is 10.6 Å². The number of alkyl halides is 3. The average Bonchev–Trinajstić information content (AvgIpc) is 3.26. The molecule has 0 spiro atoms. The summed E-state index contributed by atoms with van der Waals surface area (Å²) in [6, 6.07) is 21.0. The molecule has 2 amide bonds. The van der Waals surface area contributed by atoms with Gasteiger partial charge in [0, 0.05) is 16.9 Å². The number of rotatable bonds is 5. The Balaban J connectivity index is 1.58. The monoisotopic (exact) mass is 464 g/mol. The van der Waals surface area contributed by atoms with Gasteiger partial charge in [0.1, 0.15) is 0 Å². The fraction of sp³-hybridized carbons (Fsp3) is 0.0800. The van der Waals surface area contributed by atoms with Crippen molar-refractivity contribution in [2.24, 2.45) is 0 Å². The molecule has 2 N–H and O–H groups in total. The van der Waals surface area contributed by atoms with Crippen molar-refractivity contribution in [3.63, 3.8) is 0 Å². The second kappa shape index (κ2) is 9.22. The standard InChI is InChI=1S/C25H19F3N4O2/c1-16-10-12-20(13-11-16)32-22(25(26,27)28)21(15-29-32)24(34)31-19-9-5-8-18(14-19)30-23(33)17-6-3-2-4-7-17/h2-15H,1H3,(H,30,33)(H,31,34). The molecule has 34 heavy (non-hydrogen) atoms. The van der Waals surface area contributed by atoms with Crippen molar-refractivity contribution in [1.82, 2.24) is 9.78 Å². The quantitative estimate of drug-likeness (QED) is 0.398. The van der Waals surface area contributed by atoms with Crippen LogP contribution in [-0.2, 0) is 6.18 Å². The molecule has 0 unspecified atom stereocenters. The Hall–Kier alpha value is -4.40. The van der Waals surface area contributed by atoms with E-state index in [0.717, 1.165) is 11.8 Å². The Labute approximate surface area is 193 Å². The van der Waals surface area contributed by atoms with E-state index in [-0.39, 0.29) is 17.3 Å². The number of carbonyl (C=O) groups excluding carboxylic acids is 2. The zero-order chi connectivity index (χ0) is 24.3. The predicted octanol–water partition coefficient (Wildman–Crippen LogP) is 5.70. The summed E-state index contributed by atoms with van der Waals surface area (Å²) in [5.74, 6) is -1.33. The predicted molar refractivity (Wildman–Crippen MR) is 122 cm³/mol. The molecule has 0 atom stereocenters. The third-order valence-corrected chi connectivity index (χ3v) is 4.98. The summed E-state index contributed by atoms with van der Waals surface area (Å²) >= 11 is 0. The third kappa shape index (κ3) is 4.98. The lowest BCUT2D eigenvalue weighted by Gasteiger charge is -2.13. The van der Waals surface area contributed by atoms with Crippen molar-refractivity contribution in [3.8, 4) is 5.69 Å². The molecule has 0 fully saturated rings. The molecule has 1 heterocycles. The van der Waals surface area contributed by atoms with Crippen LogP contribution in [0.3, 0.4) is 0 Å². The number of nitrogens with zero attached hydrogens (tertiary/aromatic N) is 2. The van der Waals surface area contributed by atoms with Crippen LogP contribution >= 0.6 is 0 Å². The van der Waals surface area contributed by atoms with Gasteiger partial charge < -0.3 is 10.6 Å². The van der Waals surface area contributed by atoms with Crippen molar-refractivity contribution in [3.05, 3.63) is 107 Å². The van der Waals surface area contributed by atoms with Gasteiger partial charge in [0.2, 0.25) is 0 Å². The summed E-state index contributed by atoms with van der Waals surface area (Å²) < 4.78 is 42.4. The molecule has 172 valence electrons. The SMILES string of the molecule is Cc1ccc(-n2ncc(C(=O)Nc3cccc(NC(=O)c4ccccc4)c3)c2C(F)(F)F)cc1. The molecule has 0 aliphatic heterocycles. The highest BCUT2D eigenvalue weighted by Gasteiger charge is 2.40. The van der Waals surface area contributed by atoms with Gasteiger partial charge in [0.05, 0.1) is 17.4 Å². The molecule has 0 aliphatic carbocycles. The summed E-state index contributed by atoms with van der Waals surface area (Å²) in [6.45, 7) is 1.81. The lowest BCUT2D eigenvalue weighted by atomic mass is 10.2. The molecule has 1 aromatic heterocycles. The zero-order valence-corrected chi connectivity index (χ0v) is 17.9. The van der Waals surface area contributed by atoms with Crippen LogP contribution in [0.5, 0.6) is 0 Å². The lowest BCUT2D eigenvalue weighted by molar-refractivity contribution is -0.143. The van der Waals surface area contributed by atoms with E-state index in [0.29, 0.717) is 15.9 Å². The summed E-state index contributed by atoms with van der Waals surface area (Å²) in [6.07, 6.45) is -3.93. The molecule has 9 heteroatoms. The molecule has 0 saturated carbocycles. The molecule has 0 aliphatic rings. The van der Waals surface area contributed by atoms with E-state index in [1.807, 2.05) is 6.92 Å². The number of hydrogen-bond donors (Lipinski definition) is 2. The number of aromatic nitrogens is 2. The fourth-order valence-electron chi connectivity index (χ4n) is 3.34. The summed E-state index contributed by atoms with van der Waals surface area (Å²) in [5, 5.41) is 8.96. The first-order chi connectivity index (χ1) is 16.2. The summed E-state index contributed by atoms with van der Waals surface area (Å²) in [4.78, 5) is 25.1. The Morgan fingerprint density at radius 2 is 1.44 bits per heavy atom. The van der Waals surface area contributed by atoms with Gasteiger partial charge in [0.25, 0.3) is 11.8 Å². The van der Waals surface area contributed by atoms with E-state index >= 15 is 0 Å². The minimum absolute atomic E-state index is 0.183. The maximum atomic E-state index is 13.9. The molecule has 0 bridgehead atoms. The number of anilines is 2. The van der Waals surface area contributed by atoms with Gasteiger partial charge in [-0.1, -0.05) is 42.0 Å². The molecular weight excluding hydrogens is 445 g/mol. The van der Waals surface area contributed by atoms with Gasteiger partial charge in [-0.2, -0.15) is 18.3 Å². The van der Waals surface area contributed by atoms with Gasteiger partial charge in [-0.3, -0.25) is 9.59 Å². The van der Waals surface area contributed by atoms with Crippen LogP contribution in [-0.4, -0.2) is 21.6 Å². The smallest absolute Gasteiger partial charge is 0.322 e. The van der Waals surface area contributed by atoms with Crippen molar-refractivity contribution in [2.45, 2.75) is 13.1 Å². The Morgan fingerprint density at radius 3 is 2.06 bits per heavy atom. The molecular formula is C25H19F3N4O2. The van der Waals surface area contributed by atoms with Gasteiger partial charge >= 0.3 is 6.18 Å². The highest BCUT2D eigenvalue weighted by atomic mass is 19.4. The van der Waals surface area contributed by atoms with E-state index in [4.69, 9.17) is 0 Å². The number of amides is 2. The Bertz CT molecular complexity index is 1330. The fourth-order valence-corrected chi connectivity index (χ4v) is 3.34. The average molecular weight is 464 g/mol. The Morgan fingerprint density at radius 1 is 0.824 bits per heavy atom. The van der Waals surface area contributed by atoms with E-state index in [1.165, 1.54) is 24.3 Å². The molecule has 4 aromatic rings. The number of carbonyl (C=O) groups is 2. The van der Waals surface area contributed by atoms with Crippen molar-refractivity contribution in [1.29, 1.82) is 0 Å². The molecule has 3 aromatic carbocycles. The van der Waals surface area contributed by atoms with Crippen molar-refractivity contribution >= 4 is 23.2 Å². The van der Waals surface area contributed by atoms with E-state index in [1.54, 1.807) is 54.6 Å². The van der Waals surface area contributed by atoms with Gasteiger partial charge in [0.15, 0.2) is 5.69 Å². The van der Waals surface area contributed by atoms with E-state index < -0.39 is 23.3 Å². The van der Waals surface area contributed by atoms with Crippen molar-refractivity contribution < 1.29 is 22.8 Å². The number of halogens is 3. The molecule has 6 nitrogen and oxygen atoms in total. The van der Waals surface area contributed by atoms with Gasteiger partial charge in [-0.15, -0.1) is 0 Å². The first kappa shape index (κ1) is 22.8. The van der Waals surface area contributed by atoms with E-state index in [9.17, 15) is 22.8 Å². The van der Waals surface area contributed by atoms with Crippen LogP contribution in [0.1, 0.15) is 32.0 Å². The second-order valence-electron chi connectivity index (χ2n) is 7.51. The maximum Gasteiger partial charge on any atom is 0.434 e. The van der Waals surface area contributed by atoms with Crippen LogP contribution in [0, 0.1) is 6.92 Å². The van der Waals surface area contributed by atoms with Gasteiger partial charge in [-0.05, 0) is 49.4 Å². The second-order valence-corrected chi connectivity index (χ2v) is 7.51. The molecule has 4 rings (SSSR count). The Kier molecular flexibility index (Phi) is 6.18. The number of aryl methyl sites for hydroxylation is 1. The number of benzene rings is 3. The first-order valence-corrected chi connectivity index (χ1v) is 10.2. The minimum Gasteiger partial charge on any atom is -0.322 e. The highest BCUT2D eigenvalue weighted by Crippen LogP contribution is 2.34. The maximum absolute atomic E-state index is 13.9. The van der Waals surface area contributed by atoms with E-state index in [2.05, 4.69) is 15.7 Å². The largest absolute Gasteiger partial charge is 0.434 e.